The number of hydrogen-bond donors (Lipinski definition) is 0. The lowest BCUT2D eigenvalue weighted by atomic mass is 10.1. The Bertz CT molecular complexity index is 670. The van der Waals surface area contributed by atoms with Crippen molar-refractivity contribution in [2.45, 2.75) is 6.54 Å². The normalized spacial score (nSPS) is 15.7. The Balaban J connectivity index is 1.59. The van der Waals surface area contributed by atoms with E-state index in [-0.39, 0.29) is 17.4 Å². The Morgan fingerprint density at radius 2 is 1.70 bits per heavy atom. The van der Waals surface area contributed by atoms with Gasteiger partial charge in [0.2, 0.25) is 0 Å². The molecule has 0 aromatic heterocycles. The van der Waals surface area contributed by atoms with E-state index in [1.165, 1.54) is 19.2 Å². The van der Waals surface area contributed by atoms with Gasteiger partial charge in [0.05, 0.1) is 12.8 Å². The van der Waals surface area contributed by atoms with E-state index in [0.717, 1.165) is 31.7 Å². The van der Waals surface area contributed by atoms with Gasteiger partial charge in [-0.1, -0.05) is 18.2 Å². The molecule has 0 spiro atoms. The number of nitrogens with zero attached hydrogens (tertiary/aromatic N) is 2. The first-order valence-corrected chi connectivity index (χ1v) is 7.71. The van der Waals surface area contributed by atoms with E-state index in [1.54, 1.807) is 12.1 Å². The van der Waals surface area contributed by atoms with Crippen molar-refractivity contribution in [2.24, 2.45) is 0 Å². The van der Waals surface area contributed by atoms with Gasteiger partial charge >= 0.3 is 0 Å². The number of rotatable bonds is 4. The third-order valence-electron chi connectivity index (χ3n) is 4.19. The maximum Gasteiger partial charge on any atom is 0.165 e. The van der Waals surface area contributed by atoms with E-state index in [2.05, 4.69) is 9.80 Å². The minimum Gasteiger partial charge on any atom is -0.494 e. The summed E-state index contributed by atoms with van der Waals surface area (Å²) in [4.78, 5) is 4.30. The highest BCUT2D eigenvalue weighted by molar-refractivity contribution is 5.48. The fraction of sp³-hybridized carbons (Fsp3) is 0.333. The first-order chi connectivity index (χ1) is 11.2. The van der Waals surface area contributed by atoms with E-state index < -0.39 is 0 Å². The molecule has 2 aromatic carbocycles. The third-order valence-corrected chi connectivity index (χ3v) is 4.19. The predicted molar refractivity (Wildman–Crippen MR) is 86.8 cm³/mol. The summed E-state index contributed by atoms with van der Waals surface area (Å²) in [6.45, 7) is 3.86. The number of piperazine rings is 1. The van der Waals surface area contributed by atoms with E-state index >= 15 is 0 Å². The van der Waals surface area contributed by atoms with Gasteiger partial charge in [0.15, 0.2) is 11.6 Å². The summed E-state index contributed by atoms with van der Waals surface area (Å²) in [6, 6.07) is 11.9. The van der Waals surface area contributed by atoms with E-state index in [9.17, 15) is 8.78 Å². The standard InChI is InChI=1S/C18H20F2N2O/c1-23-18-7-6-14(12-16(18)20)13-21-8-10-22(11-9-21)17-5-3-2-4-15(17)19/h2-7,12H,8-11,13H2,1H3. The van der Waals surface area contributed by atoms with Crippen molar-refractivity contribution >= 4 is 5.69 Å². The van der Waals surface area contributed by atoms with Gasteiger partial charge in [-0.25, -0.2) is 8.78 Å². The van der Waals surface area contributed by atoms with Crippen molar-refractivity contribution in [2.75, 3.05) is 38.2 Å². The molecule has 2 aromatic rings. The van der Waals surface area contributed by atoms with Gasteiger partial charge in [-0.15, -0.1) is 0 Å². The van der Waals surface area contributed by atoms with Crippen molar-refractivity contribution in [1.82, 2.24) is 4.90 Å². The van der Waals surface area contributed by atoms with Crippen LogP contribution in [0.4, 0.5) is 14.5 Å². The molecule has 3 nitrogen and oxygen atoms in total. The minimum absolute atomic E-state index is 0.182. The fourth-order valence-corrected chi connectivity index (χ4v) is 2.92. The number of anilines is 1. The predicted octanol–water partition coefficient (Wildman–Crippen LogP) is 3.30. The molecule has 1 saturated heterocycles. The molecule has 0 N–H and O–H groups in total. The number of methoxy groups -OCH3 is 1. The maximum atomic E-state index is 13.8. The molecule has 122 valence electrons. The molecule has 1 heterocycles. The lowest BCUT2D eigenvalue weighted by Crippen LogP contribution is -2.46. The summed E-state index contributed by atoms with van der Waals surface area (Å²) in [6.07, 6.45) is 0. The second-order valence-electron chi connectivity index (χ2n) is 5.68. The Morgan fingerprint density at radius 3 is 2.35 bits per heavy atom. The summed E-state index contributed by atoms with van der Waals surface area (Å²) in [5, 5.41) is 0. The highest BCUT2D eigenvalue weighted by Crippen LogP contribution is 2.22. The molecule has 3 rings (SSSR count). The SMILES string of the molecule is COc1ccc(CN2CCN(c3ccccc3F)CC2)cc1F. The molecular formula is C18H20F2N2O. The molecule has 1 aliphatic rings. The zero-order valence-electron chi connectivity index (χ0n) is 13.1. The van der Waals surface area contributed by atoms with Crippen molar-refractivity contribution in [3.8, 4) is 5.75 Å². The van der Waals surface area contributed by atoms with Gasteiger partial charge in [0.25, 0.3) is 0 Å². The highest BCUT2D eigenvalue weighted by atomic mass is 19.1. The summed E-state index contributed by atoms with van der Waals surface area (Å²) in [7, 11) is 1.46. The molecule has 0 aliphatic carbocycles. The summed E-state index contributed by atoms with van der Waals surface area (Å²) in [5.41, 5.74) is 1.57. The van der Waals surface area contributed by atoms with Gasteiger partial charge in [-0.3, -0.25) is 4.90 Å². The van der Waals surface area contributed by atoms with Crippen LogP contribution in [0, 0.1) is 11.6 Å². The molecular weight excluding hydrogens is 298 g/mol. The lowest BCUT2D eigenvalue weighted by Gasteiger charge is -2.36. The number of ether oxygens (including phenoxy) is 1. The molecule has 1 fully saturated rings. The molecule has 0 atom stereocenters. The van der Waals surface area contributed by atoms with Crippen LogP contribution in [-0.4, -0.2) is 38.2 Å². The Kier molecular flexibility index (Phi) is 4.76. The van der Waals surface area contributed by atoms with Crippen LogP contribution in [0.15, 0.2) is 42.5 Å². The average molecular weight is 318 g/mol. The Labute approximate surface area is 135 Å². The quantitative estimate of drug-likeness (QED) is 0.860. The first kappa shape index (κ1) is 15.7. The van der Waals surface area contributed by atoms with Crippen molar-refractivity contribution in [1.29, 1.82) is 0 Å². The van der Waals surface area contributed by atoms with Crippen LogP contribution in [-0.2, 0) is 6.54 Å². The van der Waals surface area contributed by atoms with Crippen molar-refractivity contribution < 1.29 is 13.5 Å². The number of hydrogen-bond acceptors (Lipinski definition) is 3. The van der Waals surface area contributed by atoms with Crippen LogP contribution in [0.25, 0.3) is 0 Å². The van der Waals surface area contributed by atoms with E-state index in [0.29, 0.717) is 12.2 Å². The van der Waals surface area contributed by atoms with Gasteiger partial charge in [-0.2, -0.15) is 0 Å². The largest absolute Gasteiger partial charge is 0.494 e. The molecule has 1 aliphatic heterocycles. The van der Waals surface area contributed by atoms with Crippen LogP contribution in [0.1, 0.15) is 5.56 Å². The zero-order valence-corrected chi connectivity index (χ0v) is 13.1. The fourth-order valence-electron chi connectivity index (χ4n) is 2.92. The van der Waals surface area contributed by atoms with Gasteiger partial charge < -0.3 is 9.64 Å². The molecule has 5 heteroatoms. The monoisotopic (exact) mass is 318 g/mol. The molecule has 0 unspecified atom stereocenters. The molecule has 23 heavy (non-hydrogen) atoms. The van der Waals surface area contributed by atoms with Crippen LogP contribution in [0.3, 0.4) is 0 Å². The second kappa shape index (κ2) is 6.96. The molecule has 0 bridgehead atoms. The molecule has 0 radical (unpaired) electrons. The zero-order chi connectivity index (χ0) is 16.2. The lowest BCUT2D eigenvalue weighted by molar-refractivity contribution is 0.248. The van der Waals surface area contributed by atoms with Crippen LogP contribution < -0.4 is 9.64 Å². The van der Waals surface area contributed by atoms with Gasteiger partial charge in [0.1, 0.15) is 5.82 Å². The smallest absolute Gasteiger partial charge is 0.165 e. The average Bonchev–Trinajstić information content (AvgIpc) is 2.56. The minimum atomic E-state index is -0.338. The third kappa shape index (κ3) is 3.62. The van der Waals surface area contributed by atoms with Crippen molar-refractivity contribution in [3.63, 3.8) is 0 Å². The molecule has 0 amide bonds. The summed E-state index contributed by atoms with van der Waals surface area (Å²) >= 11 is 0. The summed E-state index contributed by atoms with van der Waals surface area (Å²) < 4.78 is 32.5. The highest BCUT2D eigenvalue weighted by Gasteiger charge is 2.19. The second-order valence-corrected chi connectivity index (χ2v) is 5.68. The summed E-state index contributed by atoms with van der Waals surface area (Å²) in [5.74, 6) is -0.258. The Hall–Kier alpha value is -2.14. The first-order valence-electron chi connectivity index (χ1n) is 7.71. The number of para-hydroxylation sites is 1. The van der Waals surface area contributed by atoms with Crippen LogP contribution in [0.2, 0.25) is 0 Å². The maximum absolute atomic E-state index is 13.8. The topological polar surface area (TPSA) is 15.7 Å². The number of benzene rings is 2. The van der Waals surface area contributed by atoms with Gasteiger partial charge in [0, 0.05) is 32.7 Å². The molecule has 0 saturated carbocycles. The van der Waals surface area contributed by atoms with E-state index in [4.69, 9.17) is 4.74 Å². The van der Waals surface area contributed by atoms with Crippen molar-refractivity contribution in [3.05, 3.63) is 59.7 Å². The number of halogens is 2. The van der Waals surface area contributed by atoms with Crippen LogP contribution >= 0.6 is 0 Å². The van der Waals surface area contributed by atoms with Crippen LogP contribution in [0.5, 0.6) is 5.75 Å². The van der Waals surface area contributed by atoms with E-state index in [1.807, 2.05) is 18.2 Å². The Morgan fingerprint density at radius 1 is 0.957 bits per heavy atom. The van der Waals surface area contributed by atoms with Gasteiger partial charge in [-0.05, 0) is 29.8 Å².